The van der Waals surface area contributed by atoms with E-state index in [1.165, 1.54) is 19.0 Å². The second kappa shape index (κ2) is 8.58. The van der Waals surface area contributed by atoms with Crippen LogP contribution >= 0.6 is 0 Å². The Labute approximate surface area is 170 Å². The van der Waals surface area contributed by atoms with Gasteiger partial charge >= 0.3 is 0 Å². The summed E-state index contributed by atoms with van der Waals surface area (Å²) in [5.41, 5.74) is 0.300. The SMILES string of the molecule is O=C(NCC1CC1)c1cn(CCC2CCCCN2S(=O)(=O)c2cccnc2)nn1. The van der Waals surface area contributed by atoms with E-state index in [0.29, 0.717) is 37.7 Å². The van der Waals surface area contributed by atoms with Gasteiger partial charge in [0.15, 0.2) is 5.69 Å². The number of hydrogen-bond donors (Lipinski definition) is 1. The standard InChI is InChI=1S/C19H26N6O3S/c26-19(21-12-15-6-7-15)18-14-24(23-22-18)11-8-16-4-1-2-10-25(16)29(27,28)17-5-3-9-20-13-17/h3,5,9,13-16H,1-2,4,6-8,10-12H2,(H,21,26). The zero-order valence-corrected chi connectivity index (χ0v) is 17.1. The quantitative estimate of drug-likeness (QED) is 0.695. The molecule has 1 aliphatic carbocycles. The minimum absolute atomic E-state index is 0.106. The zero-order valence-electron chi connectivity index (χ0n) is 16.3. The van der Waals surface area contributed by atoms with Crippen LogP contribution in [-0.4, -0.2) is 57.7 Å². The van der Waals surface area contributed by atoms with Gasteiger partial charge in [0.2, 0.25) is 10.0 Å². The second-order valence-electron chi connectivity index (χ2n) is 7.76. The van der Waals surface area contributed by atoms with Gasteiger partial charge in [-0.3, -0.25) is 14.5 Å². The number of carbonyl (C=O) groups excluding carboxylic acids is 1. The van der Waals surface area contributed by atoms with Crippen molar-refractivity contribution < 1.29 is 13.2 Å². The molecule has 10 heteroatoms. The van der Waals surface area contributed by atoms with Crippen LogP contribution in [0.4, 0.5) is 0 Å². The molecule has 1 saturated heterocycles. The van der Waals surface area contributed by atoms with Gasteiger partial charge in [-0.15, -0.1) is 5.10 Å². The van der Waals surface area contributed by atoms with Crippen molar-refractivity contribution in [1.82, 2.24) is 29.6 Å². The monoisotopic (exact) mass is 418 g/mol. The summed E-state index contributed by atoms with van der Waals surface area (Å²) in [4.78, 5) is 16.3. The van der Waals surface area contributed by atoms with Gasteiger partial charge in [0.05, 0.1) is 6.20 Å². The van der Waals surface area contributed by atoms with Gasteiger partial charge in [0, 0.05) is 38.1 Å². The van der Waals surface area contributed by atoms with Gasteiger partial charge in [-0.05, 0) is 50.2 Å². The fraction of sp³-hybridized carbons (Fsp3) is 0.579. The van der Waals surface area contributed by atoms with Crippen molar-refractivity contribution in [3.63, 3.8) is 0 Å². The van der Waals surface area contributed by atoms with Gasteiger partial charge in [-0.1, -0.05) is 11.6 Å². The van der Waals surface area contributed by atoms with E-state index in [9.17, 15) is 13.2 Å². The Hall–Kier alpha value is -2.33. The largest absolute Gasteiger partial charge is 0.350 e. The van der Waals surface area contributed by atoms with E-state index in [1.54, 1.807) is 33.5 Å². The normalized spacial score (nSPS) is 20.5. The molecule has 0 radical (unpaired) electrons. The maximum absolute atomic E-state index is 13.0. The molecule has 0 aromatic carbocycles. The smallest absolute Gasteiger partial charge is 0.273 e. The highest BCUT2D eigenvalue weighted by Gasteiger charge is 2.33. The summed E-state index contributed by atoms with van der Waals surface area (Å²) in [5.74, 6) is 0.398. The molecule has 156 valence electrons. The van der Waals surface area contributed by atoms with E-state index in [1.807, 2.05) is 0 Å². The topological polar surface area (TPSA) is 110 Å². The number of rotatable bonds is 8. The van der Waals surface area contributed by atoms with Crippen LogP contribution in [0.3, 0.4) is 0 Å². The molecule has 0 spiro atoms. The lowest BCUT2D eigenvalue weighted by atomic mass is 10.0. The first-order valence-corrected chi connectivity index (χ1v) is 11.6. The summed E-state index contributed by atoms with van der Waals surface area (Å²) >= 11 is 0. The van der Waals surface area contributed by atoms with Gasteiger partial charge in [-0.2, -0.15) is 4.31 Å². The summed E-state index contributed by atoms with van der Waals surface area (Å²) in [7, 11) is -3.57. The number of hydrogen-bond acceptors (Lipinski definition) is 6. The Bertz CT molecular complexity index is 942. The summed E-state index contributed by atoms with van der Waals surface area (Å²) in [6.45, 7) is 1.70. The van der Waals surface area contributed by atoms with E-state index in [4.69, 9.17) is 0 Å². The second-order valence-corrected chi connectivity index (χ2v) is 9.65. The van der Waals surface area contributed by atoms with Crippen LogP contribution in [0.1, 0.15) is 49.0 Å². The van der Waals surface area contributed by atoms with Crippen LogP contribution in [0.25, 0.3) is 0 Å². The molecular weight excluding hydrogens is 392 g/mol. The number of amides is 1. The lowest BCUT2D eigenvalue weighted by Gasteiger charge is -2.34. The van der Waals surface area contributed by atoms with Crippen LogP contribution in [0.5, 0.6) is 0 Å². The number of aryl methyl sites for hydroxylation is 1. The van der Waals surface area contributed by atoms with Crippen LogP contribution in [0.15, 0.2) is 35.6 Å². The molecule has 9 nitrogen and oxygen atoms in total. The number of piperidine rings is 1. The summed E-state index contributed by atoms with van der Waals surface area (Å²) in [6, 6.07) is 3.11. The minimum Gasteiger partial charge on any atom is -0.350 e. The first-order chi connectivity index (χ1) is 14.0. The van der Waals surface area contributed by atoms with Gasteiger partial charge in [0.1, 0.15) is 4.90 Å². The molecular formula is C19H26N6O3S. The first kappa shape index (κ1) is 20.0. The van der Waals surface area contributed by atoms with E-state index in [-0.39, 0.29) is 16.8 Å². The lowest BCUT2D eigenvalue weighted by molar-refractivity contribution is 0.0946. The number of nitrogens with zero attached hydrogens (tertiary/aromatic N) is 5. The van der Waals surface area contributed by atoms with E-state index < -0.39 is 10.0 Å². The number of carbonyl (C=O) groups is 1. The predicted octanol–water partition coefficient (Wildman–Crippen LogP) is 1.45. The summed E-state index contributed by atoms with van der Waals surface area (Å²) in [6.07, 6.45) is 10.2. The molecule has 4 rings (SSSR count). The average Bonchev–Trinajstić information content (AvgIpc) is 3.46. The molecule has 3 heterocycles. The molecule has 1 aliphatic heterocycles. The average molecular weight is 419 g/mol. The van der Waals surface area contributed by atoms with Crippen molar-refractivity contribution in [2.24, 2.45) is 5.92 Å². The maximum atomic E-state index is 13.0. The highest BCUT2D eigenvalue weighted by molar-refractivity contribution is 7.89. The lowest BCUT2D eigenvalue weighted by Crippen LogP contribution is -2.44. The molecule has 1 atom stereocenters. The molecule has 1 saturated carbocycles. The third-order valence-electron chi connectivity index (χ3n) is 5.53. The molecule has 2 aliphatic rings. The Kier molecular flexibility index (Phi) is 5.91. The summed E-state index contributed by atoms with van der Waals surface area (Å²) in [5, 5.41) is 10.9. The van der Waals surface area contributed by atoms with E-state index in [2.05, 4.69) is 20.6 Å². The van der Waals surface area contributed by atoms with Crippen LogP contribution in [0, 0.1) is 5.92 Å². The third-order valence-corrected chi connectivity index (χ3v) is 7.46. The molecule has 29 heavy (non-hydrogen) atoms. The molecule has 1 amide bonds. The summed E-state index contributed by atoms with van der Waals surface area (Å²) < 4.78 is 29.3. The zero-order chi connectivity index (χ0) is 20.3. The van der Waals surface area contributed by atoms with Crippen molar-refractivity contribution in [3.05, 3.63) is 36.4 Å². The molecule has 1 unspecified atom stereocenters. The number of nitrogens with one attached hydrogen (secondary N) is 1. The fourth-order valence-corrected chi connectivity index (χ4v) is 5.34. The molecule has 2 aromatic heterocycles. The fourth-order valence-electron chi connectivity index (χ4n) is 3.66. The highest BCUT2D eigenvalue weighted by atomic mass is 32.2. The van der Waals surface area contributed by atoms with Crippen molar-refractivity contribution in [2.75, 3.05) is 13.1 Å². The van der Waals surface area contributed by atoms with Crippen molar-refractivity contribution >= 4 is 15.9 Å². The van der Waals surface area contributed by atoms with E-state index >= 15 is 0 Å². The Morgan fingerprint density at radius 2 is 2.10 bits per heavy atom. The third kappa shape index (κ3) is 4.81. The number of aromatic nitrogens is 4. The maximum Gasteiger partial charge on any atom is 0.273 e. The van der Waals surface area contributed by atoms with Crippen molar-refractivity contribution in [3.8, 4) is 0 Å². The molecule has 0 bridgehead atoms. The Morgan fingerprint density at radius 3 is 2.86 bits per heavy atom. The first-order valence-electron chi connectivity index (χ1n) is 10.1. The Morgan fingerprint density at radius 1 is 1.24 bits per heavy atom. The Balaban J connectivity index is 1.38. The molecule has 1 N–H and O–H groups in total. The van der Waals surface area contributed by atoms with Gasteiger partial charge < -0.3 is 5.32 Å². The molecule has 2 fully saturated rings. The van der Waals surface area contributed by atoms with Crippen LogP contribution in [0.2, 0.25) is 0 Å². The van der Waals surface area contributed by atoms with Crippen LogP contribution < -0.4 is 5.32 Å². The predicted molar refractivity (Wildman–Crippen MR) is 105 cm³/mol. The minimum atomic E-state index is -3.57. The highest BCUT2D eigenvalue weighted by Crippen LogP contribution is 2.28. The van der Waals surface area contributed by atoms with Crippen molar-refractivity contribution in [2.45, 2.75) is 56.0 Å². The van der Waals surface area contributed by atoms with Gasteiger partial charge in [0.25, 0.3) is 5.91 Å². The van der Waals surface area contributed by atoms with Gasteiger partial charge in [-0.25, -0.2) is 8.42 Å². The molecule has 2 aromatic rings. The van der Waals surface area contributed by atoms with Crippen molar-refractivity contribution in [1.29, 1.82) is 0 Å². The van der Waals surface area contributed by atoms with E-state index in [0.717, 1.165) is 19.3 Å². The van der Waals surface area contributed by atoms with Crippen LogP contribution in [-0.2, 0) is 16.6 Å². The number of sulfonamides is 1. The number of pyridine rings is 1.